The normalized spacial score (nSPS) is 10.9. The molecule has 0 saturated heterocycles. The van der Waals surface area contributed by atoms with Crippen molar-refractivity contribution in [1.82, 2.24) is 19.6 Å². The van der Waals surface area contributed by atoms with E-state index in [2.05, 4.69) is 15.1 Å². The number of nitrogens with zero attached hydrogens (tertiary/aromatic N) is 4. The molecule has 0 atom stereocenters. The van der Waals surface area contributed by atoms with Gasteiger partial charge in [0.1, 0.15) is 10.7 Å². The van der Waals surface area contributed by atoms with Gasteiger partial charge in [-0.2, -0.15) is 5.10 Å². The summed E-state index contributed by atoms with van der Waals surface area (Å²) in [6, 6.07) is 7.14. The molecule has 112 valence electrons. The SMILES string of the molecule is CCOC(=O)c1cnn2c(C)cc(-c3cccc(Cl)n3)nc12. The Labute approximate surface area is 131 Å². The number of pyridine rings is 1. The molecule has 7 heteroatoms. The number of hydrogen-bond acceptors (Lipinski definition) is 5. The fourth-order valence-electron chi connectivity index (χ4n) is 2.15. The van der Waals surface area contributed by atoms with Gasteiger partial charge in [0.2, 0.25) is 0 Å². The van der Waals surface area contributed by atoms with Crippen LogP contribution in [0.1, 0.15) is 23.0 Å². The molecule has 0 aliphatic carbocycles. The Balaban J connectivity index is 2.18. The van der Waals surface area contributed by atoms with Gasteiger partial charge in [-0.05, 0) is 32.0 Å². The van der Waals surface area contributed by atoms with Gasteiger partial charge in [0.05, 0.1) is 24.2 Å². The maximum atomic E-state index is 12.0. The maximum Gasteiger partial charge on any atom is 0.343 e. The molecule has 3 aromatic rings. The van der Waals surface area contributed by atoms with Crippen molar-refractivity contribution in [3.8, 4) is 11.4 Å². The molecule has 0 aliphatic rings. The third kappa shape index (κ3) is 2.53. The third-order valence-electron chi connectivity index (χ3n) is 3.12. The molecule has 0 N–H and O–H groups in total. The quantitative estimate of drug-likeness (QED) is 0.549. The molecule has 0 radical (unpaired) electrons. The molecule has 0 aromatic carbocycles. The molecule has 0 amide bonds. The van der Waals surface area contributed by atoms with E-state index in [0.717, 1.165) is 5.69 Å². The lowest BCUT2D eigenvalue weighted by molar-refractivity contribution is 0.0528. The predicted molar refractivity (Wildman–Crippen MR) is 81.9 cm³/mol. The third-order valence-corrected chi connectivity index (χ3v) is 3.33. The number of ether oxygens (including phenoxy) is 1. The molecule has 0 spiro atoms. The largest absolute Gasteiger partial charge is 0.462 e. The van der Waals surface area contributed by atoms with E-state index in [9.17, 15) is 4.79 Å². The lowest BCUT2D eigenvalue weighted by atomic mass is 10.2. The highest BCUT2D eigenvalue weighted by Crippen LogP contribution is 2.21. The molecule has 0 unspecified atom stereocenters. The minimum atomic E-state index is -0.444. The Kier molecular flexibility index (Phi) is 3.77. The molecule has 0 fully saturated rings. The minimum absolute atomic E-state index is 0.296. The van der Waals surface area contributed by atoms with Gasteiger partial charge in [-0.25, -0.2) is 19.3 Å². The van der Waals surface area contributed by atoms with Crippen molar-refractivity contribution in [3.63, 3.8) is 0 Å². The Morgan fingerprint density at radius 1 is 1.32 bits per heavy atom. The zero-order valence-corrected chi connectivity index (χ0v) is 12.8. The summed E-state index contributed by atoms with van der Waals surface area (Å²) in [6.07, 6.45) is 1.46. The van der Waals surface area contributed by atoms with Crippen LogP contribution in [-0.4, -0.2) is 32.2 Å². The number of carbonyl (C=O) groups excluding carboxylic acids is 1. The topological polar surface area (TPSA) is 69.4 Å². The monoisotopic (exact) mass is 316 g/mol. The van der Waals surface area contributed by atoms with Crippen LogP contribution in [0.3, 0.4) is 0 Å². The second kappa shape index (κ2) is 5.73. The fraction of sp³-hybridized carbons (Fsp3) is 0.200. The molecular formula is C15H13ClN4O2. The zero-order valence-electron chi connectivity index (χ0n) is 12.1. The lowest BCUT2D eigenvalue weighted by Gasteiger charge is -2.05. The zero-order chi connectivity index (χ0) is 15.7. The van der Waals surface area contributed by atoms with Crippen LogP contribution in [0.2, 0.25) is 5.15 Å². The fourth-order valence-corrected chi connectivity index (χ4v) is 2.31. The predicted octanol–water partition coefficient (Wildman–Crippen LogP) is 2.93. The number of halogens is 1. The summed E-state index contributed by atoms with van der Waals surface area (Å²) in [5, 5.41) is 4.57. The first kappa shape index (κ1) is 14.5. The summed E-state index contributed by atoms with van der Waals surface area (Å²) in [4.78, 5) is 20.7. The highest BCUT2D eigenvalue weighted by molar-refractivity contribution is 6.29. The van der Waals surface area contributed by atoms with Crippen LogP contribution in [0.4, 0.5) is 0 Å². The van der Waals surface area contributed by atoms with Crippen LogP contribution in [0.25, 0.3) is 17.0 Å². The number of esters is 1. The number of aryl methyl sites for hydroxylation is 1. The van der Waals surface area contributed by atoms with Crippen LogP contribution in [0.15, 0.2) is 30.5 Å². The summed E-state index contributed by atoms with van der Waals surface area (Å²) in [5.41, 5.74) is 2.86. The second-order valence-electron chi connectivity index (χ2n) is 4.64. The molecule has 0 bridgehead atoms. The average Bonchev–Trinajstić information content (AvgIpc) is 2.92. The molecule has 6 nitrogen and oxygen atoms in total. The van der Waals surface area contributed by atoms with Gasteiger partial charge in [-0.3, -0.25) is 0 Å². The number of aromatic nitrogens is 4. The van der Waals surface area contributed by atoms with Gasteiger partial charge in [0.15, 0.2) is 5.65 Å². The van der Waals surface area contributed by atoms with Crippen molar-refractivity contribution >= 4 is 23.2 Å². The van der Waals surface area contributed by atoms with Crippen LogP contribution < -0.4 is 0 Å². The molecule has 0 aliphatic heterocycles. The Hall–Kier alpha value is -2.47. The average molecular weight is 317 g/mol. The molecule has 22 heavy (non-hydrogen) atoms. The number of hydrogen-bond donors (Lipinski definition) is 0. The van der Waals surface area contributed by atoms with Gasteiger partial charge < -0.3 is 4.74 Å². The van der Waals surface area contributed by atoms with E-state index in [-0.39, 0.29) is 0 Å². The van der Waals surface area contributed by atoms with Crippen molar-refractivity contribution in [2.75, 3.05) is 6.61 Å². The van der Waals surface area contributed by atoms with Crippen LogP contribution in [0, 0.1) is 6.92 Å². The van der Waals surface area contributed by atoms with Gasteiger partial charge in [0, 0.05) is 5.69 Å². The van der Waals surface area contributed by atoms with Crippen molar-refractivity contribution in [3.05, 3.63) is 46.9 Å². The number of fused-ring (bicyclic) bond motifs is 1. The molecule has 3 aromatic heterocycles. The van der Waals surface area contributed by atoms with E-state index in [1.165, 1.54) is 6.20 Å². The van der Waals surface area contributed by atoms with E-state index in [0.29, 0.717) is 34.4 Å². The van der Waals surface area contributed by atoms with Crippen molar-refractivity contribution < 1.29 is 9.53 Å². The second-order valence-corrected chi connectivity index (χ2v) is 5.03. The Morgan fingerprint density at radius 2 is 2.14 bits per heavy atom. The Bertz CT molecular complexity index is 860. The van der Waals surface area contributed by atoms with E-state index in [1.54, 1.807) is 23.6 Å². The molecule has 3 heterocycles. The van der Waals surface area contributed by atoms with Gasteiger partial charge in [-0.15, -0.1) is 0 Å². The molecule has 0 saturated carbocycles. The number of carbonyl (C=O) groups is 1. The molecule has 3 rings (SSSR count). The van der Waals surface area contributed by atoms with Crippen LogP contribution in [-0.2, 0) is 4.74 Å². The van der Waals surface area contributed by atoms with E-state index >= 15 is 0 Å². The van der Waals surface area contributed by atoms with E-state index in [1.807, 2.05) is 19.1 Å². The number of rotatable bonds is 3. The smallest absolute Gasteiger partial charge is 0.343 e. The summed E-state index contributed by atoms with van der Waals surface area (Å²) < 4.78 is 6.63. The molecular weight excluding hydrogens is 304 g/mol. The Morgan fingerprint density at radius 3 is 2.86 bits per heavy atom. The van der Waals surface area contributed by atoms with Crippen LogP contribution >= 0.6 is 11.6 Å². The maximum absolute atomic E-state index is 12.0. The standard InChI is InChI=1S/C15H13ClN4O2/c1-3-22-15(21)10-8-17-20-9(2)7-12(19-14(10)20)11-5-4-6-13(16)18-11/h4-8H,3H2,1-2H3. The first-order chi connectivity index (χ1) is 10.6. The first-order valence-corrected chi connectivity index (χ1v) is 7.13. The van der Waals surface area contributed by atoms with E-state index in [4.69, 9.17) is 16.3 Å². The van der Waals surface area contributed by atoms with Crippen molar-refractivity contribution in [2.45, 2.75) is 13.8 Å². The summed E-state index contributed by atoms with van der Waals surface area (Å²) >= 11 is 5.92. The summed E-state index contributed by atoms with van der Waals surface area (Å²) in [5.74, 6) is -0.444. The van der Waals surface area contributed by atoms with E-state index < -0.39 is 5.97 Å². The lowest BCUT2D eigenvalue weighted by Crippen LogP contribution is -2.06. The van der Waals surface area contributed by atoms with Crippen molar-refractivity contribution in [1.29, 1.82) is 0 Å². The van der Waals surface area contributed by atoms with Gasteiger partial charge >= 0.3 is 5.97 Å². The summed E-state index contributed by atoms with van der Waals surface area (Å²) in [7, 11) is 0. The van der Waals surface area contributed by atoms with Crippen molar-refractivity contribution in [2.24, 2.45) is 0 Å². The van der Waals surface area contributed by atoms with Gasteiger partial charge in [-0.1, -0.05) is 17.7 Å². The first-order valence-electron chi connectivity index (χ1n) is 6.75. The van der Waals surface area contributed by atoms with Gasteiger partial charge in [0.25, 0.3) is 0 Å². The summed E-state index contributed by atoms with van der Waals surface area (Å²) in [6.45, 7) is 3.93. The highest BCUT2D eigenvalue weighted by Gasteiger charge is 2.17. The highest BCUT2D eigenvalue weighted by atomic mass is 35.5. The minimum Gasteiger partial charge on any atom is -0.462 e. The van der Waals surface area contributed by atoms with Crippen LogP contribution in [0.5, 0.6) is 0 Å².